The quantitative estimate of drug-likeness (QED) is 0.924. The molecule has 18 heavy (non-hydrogen) atoms. The van der Waals surface area contributed by atoms with Crippen LogP contribution >= 0.6 is 11.6 Å². The molecule has 2 N–H and O–H groups in total. The van der Waals surface area contributed by atoms with Crippen molar-refractivity contribution in [2.45, 2.75) is 13.0 Å². The van der Waals surface area contributed by atoms with Gasteiger partial charge in [0.05, 0.1) is 6.04 Å². The molecule has 1 aromatic heterocycles. The van der Waals surface area contributed by atoms with Crippen LogP contribution in [0.25, 0.3) is 0 Å². The fourth-order valence-electron chi connectivity index (χ4n) is 1.78. The number of anilines is 2. The Morgan fingerprint density at radius 2 is 2.00 bits per heavy atom. The maximum Gasteiger partial charge on any atom is 0.221 e. The number of benzene rings is 1. The van der Waals surface area contributed by atoms with Gasteiger partial charge in [-0.25, -0.2) is 4.98 Å². The average Bonchev–Trinajstić information content (AvgIpc) is 2.37. The number of halogens is 1. The van der Waals surface area contributed by atoms with Crippen LogP contribution in [0, 0.1) is 0 Å². The largest absolute Gasteiger partial charge is 0.368 e. The number of nitrogens with two attached hydrogens (primary N) is 1. The molecule has 0 fully saturated rings. The lowest BCUT2D eigenvalue weighted by Crippen LogP contribution is -2.23. The molecule has 0 spiro atoms. The molecule has 2 aromatic rings. The zero-order valence-electron chi connectivity index (χ0n) is 10.3. The van der Waals surface area contributed by atoms with Crippen molar-refractivity contribution in [3.63, 3.8) is 0 Å². The molecule has 5 heteroatoms. The van der Waals surface area contributed by atoms with Gasteiger partial charge in [-0.05, 0) is 24.6 Å². The third-order valence-corrected chi connectivity index (χ3v) is 3.30. The second-order valence-corrected chi connectivity index (χ2v) is 4.49. The summed E-state index contributed by atoms with van der Waals surface area (Å²) < 4.78 is 0. The van der Waals surface area contributed by atoms with Crippen molar-refractivity contribution in [2.24, 2.45) is 0 Å². The number of hydrogen-bond acceptors (Lipinski definition) is 4. The molecular weight excluding hydrogens is 248 g/mol. The van der Waals surface area contributed by atoms with Crippen molar-refractivity contribution in [2.75, 3.05) is 17.7 Å². The Labute approximate surface area is 111 Å². The summed E-state index contributed by atoms with van der Waals surface area (Å²) in [6, 6.07) is 9.71. The molecule has 0 saturated carbocycles. The van der Waals surface area contributed by atoms with Gasteiger partial charge in [0.25, 0.3) is 0 Å². The van der Waals surface area contributed by atoms with Gasteiger partial charge in [0, 0.05) is 18.3 Å². The summed E-state index contributed by atoms with van der Waals surface area (Å²) in [5.41, 5.74) is 6.64. The molecule has 0 aliphatic rings. The lowest BCUT2D eigenvalue weighted by atomic mass is 10.1. The first-order chi connectivity index (χ1) is 8.59. The number of nitrogen functional groups attached to an aromatic ring is 1. The van der Waals surface area contributed by atoms with Crippen LogP contribution in [-0.4, -0.2) is 17.0 Å². The molecule has 1 unspecified atom stereocenters. The molecule has 94 valence electrons. The van der Waals surface area contributed by atoms with E-state index in [2.05, 4.69) is 16.9 Å². The van der Waals surface area contributed by atoms with E-state index in [0.29, 0.717) is 0 Å². The molecule has 0 saturated heterocycles. The monoisotopic (exact) mass is 262 g/mol. The number of rotatable bonds is 3. The first kappa shape index (κ1) is 12.6. The van der Waals surface area contributed by atoms with Crippen LogP contribution in [0.2, 0.25) is 5.02 Å². The summed E-state index contributed by atoms with van der Waals surface area (Å²) in [7, 11) is 1.95. The third-order valence-electron chi connectivity index (χ3n) is 2.96. The van der Waals surface area contributed by atoms with Crippen molar-refractivity contribution < 1.29 is 0 Å². The van der Waals surface area contributed by atoms with E-state index in [-0.39, 0.29) is 12.0 Å². The van der Waals surface area contributed by atoms with E-state index in [0.717, 1.165) is 16.4 Å². The molecule has 0 amide bonds. The molecule has 4 nitrogen and oxygen atoms in total. The summed E-state index contributed by atoms with van der Waals surface area (Å²) >= 11 is 6.20. The molecule has 2 rings (SSSR count). The minimum Gasteiger partial charge on any atom is -0.368 e. The van der Waals surface area contributed by atoms with Crippen LogP contribution in [0.5, 0.6) is 0 Å². The predicted molar refractivity (Wildman–Crippen MR) is 74.7 cm³/mol. The number of hydrogen-bond donors (Lipinski definition) is 1. The highest BCUT2D eigenvalue weighted by molar-refractivity contribution is 6.31. The standard InChI is InChI=1S/C13H15ClN4/c1-9(10-5-3-4-6-11(10)14)18(2)12-7-8-16-13(15)17-12/h3-9H,1-2H3,(H2,15,16,17). The third kappa shape index (κ3) is 2.54. The Morgan fingerprint density at radius 3 is 2.67 bits per heavy atom. The fraction of sp³-hybridized carbons (Fsp3) is 0.231. The van der Waals surface area contributed by atoms with E-state index < -0.39 is 0 Å². The van der Waals surface area contributed by atoms with Gasteiger partial charge in [0.15, 0.2) is 0 Å². The Hall–Kier alpha value is -1.81. The fourth-order valence-corrected chi connectivity index (χ4v) is 2.07. The van der Waals surface area contributed by atoms with Crippen molar-refractivity contribution in [3.8, 4) is 0 Å². The Morgan fingerprint density at radius 1 is 1.28 bits per heavy atom. The van der Waals surface area contributed by atoms with Crippen LogP contribution in [0.4, 0.5) is 11.8 Å². The maximum absolute atomic E-state index is 6.20. The molecule has 1 aromatic carbocycles. The average molecular weight is 263 g/mol. The second-order valence-electron chi connectivity index (χ2n) is 4.08. The Kier molecular flexibility index (Phi) is 3.67. The smallest absolute Gasteiger partial charge is 0.221 e. The molecule has 1 atom stereocenters. The van der Waals surface area contributed by atoms with E-state index in [1.165, 1.54) is 0 Å². The van der Waals surface area contributed by atoms with Crippen molar-refractivity contribution in [1.82, 2.24) is 9.97 Å². The Balaban J connectivity index is 2.29. The van der Waals surface area contributed by atoms with E-state index in [1.54, 1.807) is 6.20 Å². The minimum absolute atomic E-state index is 0.105. The lowest BCUT2D eigenvalue weighted by molar-refractivity contribution is 0.728. The van der Waals surface area contributed by atoms with Crippen LogP contribution in [0.15, 0.2) is 36.5 Å². The Bertz CT molecular complexity index is 544. The van der Waals surface area contributed by atoms with Crippen molar-refractivity contribution in [3.05, 3.63) is 47.1 Å². The van der Waals surface area contributed by atoms with Gasteiger partial charge < -0.3 is 10.6 Å². The molecule has 1 heterocycles. The van der Waals surface area contributed by atoms with Gasteiger partial charge in [-0.3, -0.25) is 0 Å². The van der Waals surface area contributed by atoms with Crippen LogP contribution in [0.1, 0.15) is 18.5 Å². The highest BCUT2D eigenvalue weighted by Crippen LogP contribution is 2.28. The zero-order valence-corrected chi connectivity index (χ0v) is 11.1. The van der Waals surface area contributed by atoms with Crippen LogP contribution in [-0.2, 0) is 0 Å². The number of nitrogens with zero attached hydrogens (tertiary/aromatic N) is 3. The minimum atomic E-state index is 0.105. The second kappa shape index (κ2) is 5.23. The van der Waals surface area contributed by atoms with Gasteiger partial charge in [0.2, 0.25) is 5.95 Å². The van der Waals surface area contributed by atoms with E-state index in [4.69, 9.17) is 17.3 Å². The predicted octanol–water partition coefficient (Wildman–Crippen LogP) is 2.91. The van der Waals surface area contributed by atoms with E-state index >= 15 is 0 Å². The van der Waals surface area contributed by atoms with E-state index in [1.807, 2.05) is 42.3 Å². The van der Waals surface area contributed by atoms with Crippen LogP contribution in [0.3, 0.4) is 0 Å². The van der Waals surface area contributed by atoms with Gasteiger partial charge in [-0.1, -0.05) is 29.8 Å². The highest BCUT2D eigenvalue weighted by atomic mass is 35.5. The molecule has 0 aliphatic heterocycles. The van der Waals surface area contributed by atoms with Crippen molar-refractivity contribution >= 4 is 23.4 Å². The molecule has 0 radical (unpaired) electrons. The first-order valence-electron chi connectivity index (χ1n) is 5.65. The summed E-state index contributed by atoms with van der Waals surface area (Å²) in [4.78, 5) is 10.1. The SMILES string of the molecule is CC(c1ccccc1Cl)N(C)c1ccnc(N)n1. The van der Waals surface area contributed by atoms with E-state index in [9.17, 15) is 0 Å². The van der Waals surface area contributed by atoms with Gasteiger partial charge >= 0.3 is 0 Å². The summed E-state index contributed by atoms with van der Waals surface area (Å²) in [5.74, 6) is 1.04. The summed E-state index contributed by atoms with van der Waals surface area (Å²) in [5, 5.41) is 0.749. The van der Waals surface area contributed by atoms with Gasteiger partial charge in [-0.15, -0.1) is 0 Å². The molecular formula is C13H15ClN4. The molecule has 0 aliphatic carbocycles. The van der Waals surface area contributed by atoms with Gasteiger partial charge in [-0.2, -0.15) is 4.98 Å². The van der Waals surface area contributed by atoms with Crippen LogP contribution < -0.4 is 10.6 Å². The maximum atomic E-state index is 6.20. The first-order valence-corrected chi connectivity index (χ1v) is 6.03. The number of aromatic nitrogens is 2. The summed E-state index contributed by atoms with van der Waals surface area (Å²) in [6.07, 6.45) is 1.65. The lowest BCUT2D eigenvalue weighted by Gasteiger charge is -2.26. The summed E-state index contributed by atoms with van der Waals surface area (Å²) in [6.45, 7) is 2.07. The normalized spacial score (nSPS) is 12.2. The zero-order chi connectivity index (χ0) is 13.1. The van der Waals surface area contributed by atoms with Crippen molar-refractivity contribution in [1.29, 1.82) is 0 Å². The molecule has 0 bridgehead atoms. The topological polar surface area (TPSA) is 55.0 Å². The highest BCUT2D eigenvalue weighted by Gasteiger charge is 2.15. The van der Waals surface area contributed by atoms with Gasteiger partial charge in [0.1, 0.15) is 5.82 Å².